The molecule has 6 heteroatoms. The molecule has 2 rings (SSSR count). The third-order valence-corrected chi connectivity index (χ3v) is 3.69. The zero-order chi connectivity index (χ0) is 19.1. The van der Waals surface area contributed by atoms with Gasteiger partial charge in [0.1, 0.15) is 18.1 Å². The van der Waals surface area contributed by atoms with Crippen molar-refractivity contribution in [3.05, 3.63) is 59.2 Å². The summed E-state index contributed by atoms with van der Waals surface area (Å²) in [5.74, 6) is 0.357. The molecular weight excluding hydrogens is 334 g/mol. The molecule has 0 aliphatic heterocycles. The fourth-order valence-corrected chi connectivity index (χ4v) is 2.24. The molecular formula is C20H19NO5. The number of nitriles is 1. The largest absolute Gasteiger partial charge is 0.496 e. The Morgan fingerprint density at radius 1 is 1.15 bits per heavy atom. The number of hydrogen-bond acceptors (Lipinski definition) is 6. The summed E-state index contributed by atoms with van der Waals surface area (Å²) in [6, 6.07) is 13.4. The molecule has 0 amide bonds. The highest BCUT2D eigenvalue weighted by atomic mass is 16.6. The summed E-state index contributed by atoms with van der Waals surface area (Å²) < 4.78 is 16.0. The normalized spacial score (nSPS) is 11.2. The summed E-state index contributed by atoms with van der Waals surface area (Å²) in [5, 5.41) is 8.78. The number of nitrogens with zero attached hydrogens (tertiary/aromatic N) is 1. The van der Waals surface area contributed by atoms with E-state index in [0.717, 1.165) is 0 Å². The van der Waals surface area contributed by atoms with E-state index < -0.39 is 12.1 Å². The molecule has 0 fully saturated rings. The van der Waals surface area contributed by atoms with E-state index in [1.165, 1.54) is 14.0 Å². The third-order valence-electron chi connectivity index (χ3n) is 3.69. The summed E-state index contributed by atoms with van der Waals surface area (Å²) in [6.07, 6.45) is -0.829. The number of benzene rings is 2. The Labute approximate surface area is 151 Å². The van der Waals surface area contributed by atoms with Gasteiger partial charge in [0.05, 0.1) is 18.7 Å². The highest BCUT2D eigenvalue weighted by molar-refractivity contribution is 5.94. The van der Waals surface area contributed by atoms with Crippen LogP contribution in [0.4, 0.5) is 0 Å². The number of hydrogen-bond donors (Lipinski definition) is 0. The van der Waals surface area contributed by atoms with E-state index in [2.05, 4.69) is 0 Å². The van der Waals surface area contributed by atoms with Gasteiger partial charge in [-0.05, 0) is 56.3 Å². The maximum absolute atomic E-state index is 12.2. The van der Waals surface area contributed by atoms with Crippen LogP contribution in [0, 0.1) is 11.3 Å². The molecule has 0 bridgehead atoms. The number of methoxy groups -OCH3 is 1. The van der Waals surface area contributed by atoms with Crippen molar-refractivity contribution < 1.29 is 23.8 Å². The summed E-state index contributed by atoms with van der Waals surface area (Å²) in [6.45, 7) is 3.00. The van der Waals surface area contributed by atoms with E-state index >= 15 is 0 Å². The summed E-state index contributed by atoms with van der Waals surface area (Å²) in [5.41, 5.74) is 1.61. The predicted octanol–water partition coefficient (Wildman–Crippen LogP) is 3.28. The molecule has 2 aromatic rings. The Balaban J connectivity index is 1.99. The average molecular weight is 353 g/mol. The second-order valence-electron chi connectivity index (χ2n) is 5.59. The molecule has 0 aliphatic carbocycles. The molecule has 2 aromatic carbocycles. The van der Waals surface area contributed by atoms with E-state index in [1.807, 2.05) is 6.07 Å². The summed E-state index contributed by atoms with van der Waals surface area (Å²) >= 11 is 0. The molecule has 26 heavy (non-hydrogen) atoms. The van der Waals surface area contributed by atoms with Gasteiger partial charge >= 0.3 is 5.97 Å². The number of carbonyl (C=O) groups is 2. The number of ketones is 1. The Morgan fingerprint density at radius 2 is 1.85 bits per heavy atom. The van der Waals surface area contributed by atoms with E-state index in [-0.39, 0.29) is 12.4 Å². The number of Topliss-reactive ketones (excluding diaryl/α,β-unsaturated/α-hetero) is 1. The number of esters is 1. The fourth-order valence-electron chi connectivity index (χ4n) is 2.24. The van der Waals surface area contributed by atoms with E-state index in [0.29, 0.717) is 28.2 Å². The molecule has 0 unspecified atom stereocenters. The van der Waals surface area contributed by atoms with Crippen molar-refractivity contribution in [2.75, 3.05) is 7.11 Å². The van der Waals surface area contributed by atoms with Crippen molar-refractivity contribution in [2.24, 2.45) is 0 Å². The maximum Gasteiger partial charge on any atom is 0.347 e. The first-order valence-electron chi connectivity index (χ1n) is 7.96. The Bertz CT molecular complexity index is 836. The maximum atomic E-state index is 12.2. The van der Waals surface area contributed by atoms with Crippen LogP contribution in [0.15, 0.2) is 42.5 Å². The van der Waals surface area contributed by atoms with Crippen LogP contribution < -0.4 is 9.47 Å². The van der Waals surface area contributed by atoms with Gasteiger partial charge in [0, 0.05) is 11.1 Å². The van der Waals surface area contributed by atoms with E-state index in [9.17, 15) is 9.59 Å². The predicted molar refractivity (Wildman–Crippen MR) is 94.0 cm³/mol. The lowest BCUT2D eigenvalue weighted by molar-refractivity contribution is -0.152. The third kappa shape index (κ3) is 4.84. The highest BCUT2D eigenvalue weighted by Crippen LogP contribution is 2.22. The van der Waals surface area contributed by atoms with Gasteiger partial charge in [0.2, 0.25) is 0 Å². The van der Waals surface area contributed by atoms with Crippen LogP contribution in [0.5, 0.6) is 11.5 Å². The molecule has 0 aromatic heterocycles. The number of rotatable bonds is 7. The van der Waals surface area contributed by atoms with E-state index in [4.69, 9.17) is 19.5 Å². The first-order valence-corrected chi connectivity index (χ1v) is 7.96. The van der Waals surface area contributed by atoms with Crippen molar-refractivity contribution >= 4 is 11.8 Å². The molecule has 1 atom stereocenters. The molecule has 134 valence electrons. The van der Waals surface area contributed by atoms with Gasteiger partial charge in [0.15, 0.2) is 11.9 Å². The number of carbonyl (C=O) groups excluding carboxylic acids is 2. The van der Waals surface area contributed by atoms with Crippen molar-refractivity contribution in [1.29, 1.82) is 5.26 Å². The quantitative estimate of drug-likeness (QED) is 0.561. The van der Waals surface area contributed by atoms with Crippen molar-refractivity contribution in [3.8, 4) is 17.6 Å². The Kier molecular flexibility index (Phi) is 6.34. The van der Waals surface area contributed by atoms with Crippen LogP contribution in [0.1, 0.15) is 35.3 Å². The first kappa shape index (κ1) is 19.0. The Hall–Kier alpha value is -3.33. The monoisotopic (exact) mass is 353 g/mol. The highest BCUT2D eigenvalue weighted by Gasteiger charge is 2.18. The van der Waals surface area contributed by atoms with Crippen LogP contribution in [0.2, 0.25) is 0 Å². The SMILES string of the molecule is COc1ccc(C(C)=O)cc1COC(=O)[C@@H](C)Oc1ccc(C#N)cc1. The van der Waals surface area contributed by atoms with Gasteiger partial charge < -0.3 is 14.2 Å². The summed E-state index contributed by atoms with van der Waals surface area (Å²) in [4.78, 5) is 23.7. The van der Waals surface area contributed by atoms with Gasteiger partial charge in [-0.15, -0.1) is 0 Å². The Morgan fingerprint density at radius 3 is 2.42 bits per heavy atom. The fraction of sp³-hybridized carbons (Fsp3) is 0.250. The van der Waals surface area contributed by atoms with Gasteiger partial charge in [-0.1, -0.05) is 0 Å². The van der Waals surface area contributed by atoms with Crippen LogP contribution in [-0.4, -0.2) is 25.0 Å². The second-order valence-corrected chi connectivity index (χ2v) is 5.59. The molecule has 0 saturated carbocycles. The number of ether oxygens (including phenoxy) is 3. The molecule has 0 spiro atoms. The van der Waals surface area contributed by atoms with Gasteiger partial charge in [-0.2, -0.15) is 5.26 Å². The molecule has 0 aliphatic rings. The first-order chi connectivity index (χ1) is 12.4. The van der Waals surface area contributed by atoms with Crippen LogP contribution in [0.3, 0.4) is 0 Å². The lowest BCUT2D eigenvalue weighted by Crippen LogP contribution is -2.26. The lowest BCUT2D eigenvalue weighted by Gasteiger charge is -2.15. The standard InChI is InChI=1S/C20H19NO5/c1-13(22)16-6-9-19(24-3)17(10-16)12-25-20(23)14(2)26-18-7-4-15(11-21)5-8-18/h4-10,14H,12H2,1-3H3/t14-/m1/s1. The average Bonchev–Trinajstić information content (AvgIpc) is 2.66. The molecule has 0 radical (unpaired) electrons. The summed E-state index contributed by atoms with van der Waals surface area (Å²) in [7, 11) is 1.50. The topological polar surface area (TPSA) is 85.6 Å². The molecule has 0 N–H and O–H groups in total. The van der Waals surface area contributed by atoms with Gasteiger partial charge in [-0.3, -0.25) is 4.79 Å². The van der Waals surface area contributed by atoms with Crippen molar-refractivity contribution in [2.45, 2.75) is 26.6 Å². The second kappa shape index (κ2) is 8.67. The van der Waals surface area contributed by atoms with Crippen LogP contribution >= 0.6 is 0 Å². The lowest BCUT2D eigenvalue weighted by atomic mass is 10.1. The van der Waals surface area contributed by atoms with Gasteiger partial charge in [-0.25, -0.2) is 4.79 Å². The molecule has 0 saturated heterocycles. The minimum absolute atomic E-state index is 0.0375. The smallest absolute Gasteiger partial charge is 0.347 e. The van der Waals surface area contributed by atoms with E-state index in [1.54, 1.807) is 49.4 Å². The zero-order valence-corrected chi connectivity index (χ0v) is 14.8. The molecule has 0 heterocycles. The minimum atomic E-state index is -0.829. The van der Waals surface area contributed by atoms with Crippen LogP contribution in [0.25, 0.3) is 0 Å². The molecule has 6 nitrogen and oxygen atoms in total. The van der Waals surface area contributed by atoms with Crippen LogP contribution in [-0.2, 0) is 16.1 Å². The minimum Gasteiger partial charge on any atom is -0.496 e. The van der Waals surface area contributed by atoms with Crippen molar-refractivity contribution in [1.82, 2.24) is 0 Å². The zero-order valence-electron chi connectivity index (χ0n) is 14.8. The van der Waals surface area contributed by atoms with Gasteiger partial charge in [0.25, 0.3) is 0 Å². The van der Waals surface area contributed by atoms with Crippen molar-refractivity contribution in [3.63, 3.8) is 0 Å².